The van der Waals surface area contributed by atoms with Crippen molar-refractivity contribution in [3.05, 3.63) is 10.5 Å². The molecule has 0 radical (unpaired) electrons. The van der Waals surface area contributed by atoms with Gasteiger partial charge in [-0.3, -0.25) is 9.69 Å². The molecule has 126 valence electrons. The summed E-state index contributed by atoms with van der Waals surface area (Å²) in [5.41, 5.74) is 0.896. The number of carbonyl (C=O) groups excluding carboxylic acids is 1. The Bertz CT molecular complexity index is 636. The summed E-state index contributed by atoms with van der Waals surface area (Å²) in [6, 6.07) is 0.0137. The third kappa shape index (κ3) is 3.16. The van der Waals surface area contributed by atoms with Crippen molar-refractivity contribution in [2.75, 3.05) is 13.1 Å². The lowest BCUT2D eigenvalue weighted by Gasteiger charge is -2.44. The second-order valence-corrected chi connectivity index (χ2v) is 8.56. The maximum absolute atomic E-state index is 12.5. The van der Waals surface area contributed by atoms with Crippen LogP contribution in [0.15, 0.2) is 20.5 Å². The normalized spacial score (nSPS) is 32.5. The van der Waals surface area contributed by atoms with Crippen molar-refractivity contribution in [3.8, 4) is 0 Å². The molecule has 0 aromatic heterocycles. The number of allylic oxidation sites excluding steroid dienone is 1. The van der Waals surface area contributed by atoms with Gasteiger partial charge in [-0.15, -0.1) is 0 Å². The summed E-state index contributed by atoms with van der Waals surface area (Å²) < 4.78 is 5.96. The van der Waals surface area contributed by atoms with Gasteiger partial charge >= 0.3 is 0 Å². The number of amidine groups is 1. The molecule has 3 aliphatic heterocycles. The highest BCUT2D eigenvalue weighted by atomic mass is 32.2. The summed E-state index contributed by atoms with van der Waals surface area (Å²) in [4.78, 5) is 25.0. The van der Waals surface area contributed by atoms with Crippen molar-refractivity contribution >= 4 is 28.5 Å². The first-order valence-electron chi connectivity index (χ1n) is 8.16. The average Bonchev–Trinajstić information content (AvgIpc) is 2.71. The Balaban J connectivity index is 1.82. The van der Waals surface area contributed by atoms with Gasteiger partial charge in [0.15, 0.2) is 0 Å². The van der Waals surface area contributed by atoms with Gasteiger partial charge in [0.1, 0.15) is 11.8 Å². The quantitative estimate of drug-likeness (QED) is 0.779. The zero-order valence-corrected chi connectivity index (χ0v) is 15.5. The summed E-state index contributed by atoms with van der Waals surface area (Å²) in [5, 5.41) is 0.891. The Hall–Kier alpha value is -0.980. The molecule has 6 heteroatoms. The molecule has 0 saturated carbocycles. The smallest absolute Gasteiger partial charge is 0.261 e. The Labute approximate surface area is 142 Å². The molecule has 3 atom stereocenters. The van der Waals surface area contributed by atoms with E-state index in [-0.39, 0.29) is 29.6 Å². The topological polar surface area (TPSA) is 54.3 Å². The Morgan fingerprint density at radius 1 is 1.35 bits per heavy atom. The van der Waals surface area contributed by atoms with Crippen molar-refractivity contribution in [2.45, 2.75) is 59.3 Å². The number of ether oxygens (including phenoxy) is 1. The molecule has 23 heavy (non-hydrogen) atoms. The molecule has 0 spiro atoms. The molecule has 3 rings (SSSR count). The fourth-order valence-electron chi connectivity index (χ4n) is 3.53. The van der Waals surface area contributed by atoms with E-state index in [0.29, 0.717) is 5.84 Å². The van der Waals surface area contributed by atoms with Gasteiger partial charge in [0.05, 0.1) is 22.8 Å². The fourth-order valence-corrected chi connectivity index (χ4v) is 4.65. The van der Waals surface area contributed by atoms with Crippen LogP contribution in [0, 0.1) is 5.92 Å². The first-order chi connectivity index (χ1) is 10.7. The van der Waals surface area contributed by atoms with Crippen LogP contribution in [0.2, 0.25) is 0 Å². The minimum Gasteiger partial charge on any atom is -0.370 e. The maximum atomic E-state index is 12.5. The second-order valence-electron chi connectivity index (χ2n) is 7.33. The Kier molecular flexibility index (Phi) is 4.27. The van der Waals surface area contributed by atoms with Crippen LogP contribution in [0.5, 0.6) is 0 Å². The maximum Gasteiger partial charge on any atom is 0.261 e. The van der Waals surface area contributed by atoms with E-state index in [2.05, 4.69) is 37.6 Å². The number of nitrogens with zero attached hydrogens (tertiary/aromatic N) is 3. The van der Waals surface area contributed by atoms with Gasteiger partial charge in [-0.1, -0.05) is 11.8 Å². The van der Waals surface area contributed by atoms with Crippen LogP contribution in [0.25, 0.3) is 0 Å². The molecule has 3 heterocycles. The van der Waals surface area contributed by atoms with Crippen molar-refractivity contribution in [3.63, 3.8) is 0 Å². The van der Waals surface area contributed by atoms with Crippen LogP contribution in [-0.2, 0) is 9.53 Å². The number of thioether (sulfide) groups is 1. The van der Waals surface area contributed by atoms with Crippen molar-refractivity contribution < 1.29 is 9.53 Å². The predicted molar refractivity (Wildman–Crippen MR) is 95.0 cm³/mol. The van der Waals surface area contributed by atoms with Crippen LogP contribution >= 0.6 is 11.8 Å². The molecule has 0 bridgehead atoms. The number of hydrogen-bond acceptors (Lipinski definition) is 5. The number of morpholine rings is 1. The highest BCUT2D eigenvalue weighted by molar-refractivity contribution is 8.17. The van der Waals surface area contributed by atoms with Crippen LogP contribution in [0.4, 0.5) is 0 Å². The monoisotopic (exact) mass is 335 g/mol. The largest absolute Gasteiger partial charge is 0.370 e. The summed E-state index contributed by atoms with van der Waals surface area (Å²) in [6.45, 7) is 14.0. The number of rotatable bonds is 2. The second kappa shape index (κ2) is 5.83. The molecule has 1 fully saturated rings. The highest BCUT2D eigenvalue weighted by Crippen LogP contribution is 2.40. The van der Waals surface area contributed by atoms with E-state index < -0.39 is 0 Å². The minimum absolute atomic E-state index is 0.0137. The Morgan fingerprint density at radius 3 is 2.70 bits per heavy atom. The van der Waals surface area contributed by atoms with Crippen molar-refractivity contribution in [1.82, 2.24) is 4.90 Å². The molecule has 1 amide bonds. The van der Waals surface area contributed by atoms with Crippen LogP contribution in [-0.4, -0.2) is 52.5 Å². The van der Waals surface area contributed by atoms with E-state index in [4.69, 9.17) is 9.73 Å². The lowest BCUT2D eigenvalue weighted by atomic mass is 9.99. The molecule has 1 saturated heterocycles. The number of hydrogen-bond donors (Lipinski definition) is 0. The average molecular weight is 335 g/mol. The van der Waals surface area contributed by atoms with Gasteiger partial charge in [0.2, 0.25) is 0 Å². The first-order valence-corrected chi connectivity index (χ1v) is 8.97. The van der Waals surface area contributed by atoms with Gasteiger partial charge in [0.25, 0.3) is 5.91 Å². The van der Waals surface area contributed by atoms with Gasteiger partial charge in [-0.25, -0.2) is 4.99 Å². The van der Waals surface area contributed by atoms with E-state index in [1.54, 1.807) is 11.8 Å². The number of fused-ring (bicyclic) bond motifs is 1. The Morgan fingerprint density at radius 2 is 2.04 bits per heavy atom. The van der Waals surface area contributed by atoms with Crippen LogP contribution < -0.4 is 0 Å². The lowest BCUT2D eigenvalue weighted by molar-refractivity contribution is -0.131. The van der Waals surface area contributed by atoms with Gasteiger partial charge < -0.3 is 4.74 Å². The molecular weight excluding hydrogens is 310 g/mol. The van der Waals surface area contributed by atoms with Gasteiger partial charge in [-0.2, -0.15) is 4.99 Å². The molecule has 3 unspecified atom stereocenters. The molecule has 5 nitrogen and oxygen atoms in total. The van der Waals surface area contributed by atoms with Crippen molar-refractivity contribution in [2.24, 2.45) is 15.9 Å². The zero-order valence-electron chi connectivity index (χ0n) is 14.7. The summed E-state index contributed by atoms with van der Waals surface area (Å²) in [7, 11) is 0. The van der Waals surface area contributed by atoms with Gasteiger partial charge in [-0.05, 0) is 52.0 Å². The van der Waals surface area contributed by atoms with Crippen LogP contribution in [0.3, 0.4) is 0 Å². The van der Waals surface area contributed by atoms with Crippen molar-refractivity contribution in [1.29, 1.82) is 0 Å². The van der Waals surface area contributed by atoms with E-state index in [1.807, 2.05) is 13.8 Å². The summed E-state index contributed by atoms with van der Waals surface area (Å²) >= 11 is 1.61. The third-order valence-electron chi connectivity index (χ3n) is 4.71. The van der Waals surface area contributed by atoms with E-state index >= 15 is 0 Å². The van der Waals surface area contributed by atoms with Gasteiger partial charge in [0, 0.05) is 13.1 Å². The molecule has 0 N–H and O–H groups in total. The SMILES string of the molecule is CC1=C(C)C2C(=O)N=C(C(C)N3CC(C)OC(C)(C)C3)N=C2S1. The molecular formula is C17H25N3O2S. The molecule has 0 aliphatic carbocycles. The highest BCUT2D eigenvalue weighted by Gasteiger charge is 2.40. The zero-order chi connectivity index (χ0) is 16.9. The predicted octanol–water partition coefficient (Wildman–Crippen LogP) is 2.87. The lowest BCUT2D eigenvalue weighted by Crippen LogP contribution is -2.56. The fraction of sp³-hybridized carbons (Fsp3) is 0.706. The van der Waals surface area contributed by atoms with E-state index in [1.165, 1.54) is 4.91 Å². The number of amides is 1. The van der Waals surface area contributed by atoms with E-state index in [9.17, 15) is 4.79 Å². The summed E-state index contributed by atoms with van der Waals surface area (Å²) in [5.74, 6) is 0.330. The molecule has 0 aromatic carbocycles. The molecule has 3 aliphatic rings. The summed E-state index contributed by atoms with van der Waals surface area (Å²) in [6.07, 6.45) is 0.161. The van der Waals surface area contributed by atoms with E-state index in [0.717, 1.165) is 23.7 Å². The minimum atomic E-state index is -0.240. The number of carbonyl (C=O) groups is 1. The first kappa shape index (κ1) is 16.9. The number of aliphatic imine (C=N–C) groups is 2. The van der Waals surface area contributed by atoms with Crippen LogP contribution in [0.1, 0.15) is 41.5 Å². The molecule has 0 aromatic rings. The third-order valence-corrected chi connectivity index (χ3v) is 5.87. The standard InChI is InChI=1S/C17H25N3O2S/c1-9-7-20(8-17(5,6)22-9)11(3)14-18-15(21)13-10(2)12(4)23-16(13)19-14/h9,11,13H,7-8H2,1-6H3.